The highest BCUT2D eigenvalue weighted by Gasteiger charge is 2.12. The van der Waals surface area contributed by atoms with E-state index in [1.807, 2.05) is 38.1 Å². The largest absolute Gasteiger partial charge is 0.486 e. The highest BCUT2D eigenvalue weighted by Crippen LogP contribution is 2.23. The fraction of sp³-hybridized carbons (Fsp3) is 0.429. The Morgan fingerprint density at radius 2 is 1.83 bits per heavy atom. The summed E-state index contributed by atoms with van der Waals surface area (Å²) in [5.41, 5.74) is 0.798. The van der Waals surface area contributed by atoms with Crippen LogP contribution in [0.2, 0.25) is 0 Å². The van der Waals surface area contributed by atoms with E-state index >= 15 is 0 Å². The second-order valence-corrected chi connectivity index (χ2v) is 4.76. The molecule has 1 aromatic carbocycles. The molecule has 0 aliphatic heterocycles. The minimum absolute atomic E-state index is 0.150. The van der Waals surface area contributed by atoms with Gasteiger partial charge in [-0.2, -0.15) is 0 Å². The van der Waals surface area contributed by atoms with Gasteiger partial charge in [0.05, 0.1) is 13.2 Å². The molecule has 4 heteroatoms. The van der Waals surface area contributed by atoms with Gasteiger partial charge in [-0.1, -0.05) is 41.9 Å². The number of ether oxygens (including phenoxy) is 2. The van der Waals surface area contributed by atoms with Gasteiger partial charge in [0.1, 0.15) is 0 Å². The lowest BCUT2D eigenvalue weighted by molar-refractivity contribution is 0.0823. The van der Waals surface area contributed by atoms with Gasteiger partial charge in [-0.25, -0.2) is 0 Å². The molecule has 18 heavy (non-hydrogen) atoms. The van der Waals surface area contributed by atoms with Crippen LogP contribution in [0, 0.1) is 0 Å². The molecule has 0 bridgehead atoms. The number of hydrogen-bond donors (Lipinski definition) is 1. The predicted octanol–water partition coefficient (Wildman–Crippen LogP) is 4.49. The van der Waals surface area contributed by atoms with Crippen LogP contribution in [0.1, 0.15) is 32.3 Å². The average molecular weight is 315 g/mol. The second kappa shape index (κ2) is 8.03. The molecule has 0 aliphatic rings. The Hall–Kier alpha value is -1.16. The quantitative estimate of drug-likeness (QED) is 0.754. The van der Waals surface area contributed by atoms with Crippen LogP contribution < -0.4 is 0 Å². The minimum atomic E-state index is -0.150. The average Bonchev–Trinajstić information content (AvgIpc) is 2.37. The normalized spacial score (nSPS) is 11.9. The standard InChI is InChI=1S/C14H19BrO3/c1-3-8-17-13(14(16)18-9-4-2)11-6-5-7-12(15)10-11/h5-7,10,16H,3-4,8-9H2,1-2H3. The van der Waals surface area contributed by atoms with E-state index in [-0.39, 0.29) is 5.95 Å². The summed E-state index contributed by atoms with van der Waals surface area (Å²) in [5, 5.41) is 9.93. The predicted molar refractivity (Wildman–Crippen MR) is 76.2 cm³/mol. The molecule has 0 saturated heterocycles. The first-order valence-corrected chi connectivity index (χ1v) is 6.93. The lowest BCUT2D eigenvalue weighted by Crippen LogP contribution is -2.02. The summed E-state index contributed by atoms with van der Waals surface area (Å²) in [4.78, 5) is 0. The van der Waals surface area contributed by atoms with Gasteiger partial charge >= 0.3 is 5.95 Å². The van der Waals surface area contributed by atoms with Crippen molar-refractivity contribution >= 4 is 21.7 Å². The van der Waals surface area contributed by atoms with E-state index in [2.05, 4.69) is 15.9 Å². The third kappa shape index (κ3) is 4.61. The maximum absolute atomic E-state index is 9.93. The van der Waals surface area contributed by atoms with Crippen LogP contribution >= 0.6 is 15.9 Å². The molecule has 0 spiro atoms. The SMILES string of the molecule is CCCOC(O)=C(OCCC)c1cccc(Br)c1. The summed E-state index contributed by atoms with van der Waals surface area (Å²) in [6.07, 6.45) is 1.71. The molecule has 100 valence electrons. The number of rotatable bonds is 7. The molecule has 0 aliphatic carbocycles. The summed E-state index contributed by atoms with van der Waals surface area (Å²) in [7, 11) is 0. The van der Waals surface area contributed by atoms with E-state index in [9.17, 15) is 5.11 Å². The minimum Gasteiger partial charge on any atom is -0.486 e. The first-order valence-electron chi connectivity index (χ1n) is 6.13. The number of benzene rings is 1. The van der Waals surface area contributed by atoms with Gasteiger partial charge in [-0.15, -0.1) is 0 Å². The van der Waals surface area contributed by atoms with Crippen molar-refractivity contribution in [3.63, 3.8) is 0 Å². The zero-order chi connectivity index (χ0) is 13.4. The topological polar surface area (TPSA) is 38.7 Å². The van der Waals surface area contributed by atoms with Crippen LogP contribution in [0.25, 0.3) is 5.76 Å². The third-order valence-corrected chi connectivity index (χ3v) is 2.67. The Bertz CT molecular complexity index is 402. The monoisotopic (exact) mass is 314 g/mol. The molecule has 0 heterocycles. The summed E-state index contributed by atoms with van der Waals surface area (Å²) >= 11 is 3.40. The van der Waals surface area contributed by atoms with E-state index in [0.717, 1.165) is 22.9 Å². The molecule has 0 unspecified atom stereocenters. The van der Waals surface area contributed by atoms with Crippen molar-refractivity contribution in [3.05, 3.63) is 40.2 Å². The lowest BCUT2D eigenvalue weighted by Gasteiger charge is -2.13. The van der Waals surface area contributed by atoms with Crippen LogP contribution in [0.5, 0.6) is 0 Å². The number of aliphatic hydroxyl groups is 1. The van der Waals surface area contributed by atoms with Crippen molar-refractivity contribution in [2.75, 3.05) is 13.2 Å². The van der Waals surface area contributed by atoms with E-state index in [4.69, 9.17) is 9.47 Å². The van der Waals surface area contributed by atoms with Crippen LogP contribution in [0.4, 0.5) is 0 Å². The summed E-state index contributed by atoms with van der Waals surface area (Å²) in [6.45, 7) is 5.02. The zero-order valence-electron chi connectivity index (χ0n) is 10.8. The zero-order valence-corrected chi connectivity index (χ0v) is 12.4. The van der Waals surface area contributed by atoms with Crippen LogP contribution in [0.15, 0.2) is 34.7 Å². The molecule has 1 aromatic rings. The van der Waals surface area contributed by atoms with Crippen molar-refractivity contribution in [1.29, 1.82) is 0 Å². The van der Waals surface area contributed by atoms with E-state index in [0.29, 0.717) is 19.0 Å². The first-order chi connectivity index (χ1) is 8.69. The molecule has 0 fully saturated rings. The lowest BCUT2D eigenvalue weighted by atomic mass is 10.2. The first kappa shape index (κ1) is 14.9. The smallest absolute Gasteiger partial charge is 0.321 e. The molecular weight excluding hydrogens is 296 g/mol. The third-order valence-electron chi connectivity index (χ3n) is 2.17. The van der Waals surface area contributed by atoms with Gasteiger partial charge in [0.2, 0.25) is 5.76 Å². The van der Waals surface area contributed by atoms with Gasteiger partial charge in [-0.05, 0) is 25.0 Å². The molecule has 3 nitrogen and oxygen atoms in total. The fourth-order valence-electron chi connectivity index (χ4n) is 1.37. The highest BCUT2D eigenvalue weighted by molar-refractivity contribution is 9.10. The van der Waals surface area contributed by atoms with Crippen molar-refractivity contribution in [1.82, 2.24) is 0 Å². The maximum atomic E-state index is 9.93. The van der Waals surface area contributed by atoms with Gasteiger partial charge < -0.3 is 14.6 Å². The van der Waals surface area contributed by atoms with Gasteiger partial charge in [0, 0.05) is 10.0 Å². The van der Waals surface area contributed by atoms with Gasteiger partial charge in [0.25, 0.3) is 0 Å². The fourth-order valence-corrected chi connectivity index (χ4v) is 1.77. The molecule has 1 rings (SSSR count). The molecule has 0 atom stereocenters. The number of halogens is 1. The van der Waals surface area contributed by atoms with Crippen molar-refractivity contribution in [2.24, 2.45) is 0 Å². The summed E-state index contributed by atoms with van der Waals surface area (Å²) < 4.78 is 11.7. The Balaban J connectivity index is 2.96. The second-order valence-electron chi connectivity index (χ2n) is 3.84. The van der Waals surface area contributed by atoms with Crippen molar-refractivity contribution < 1.29 is 14.6 Å². The van der Waals surface area contributed by atoms with E-state index in [1.54, 1.807) is 0 Å². The van der Waals surface area contributed by atoms with E-state index < -0.39 is 0 Å². The molecular formula is C14H19BrO3. The number of hydrogen-bond acceptors (Lipinski definition) is 3. The van der Waals surface area contributed by atoms with Crippen molar-refractivity contribution in [3.8, 4) is 0 Å². The molecule has 0 amide bonds. The van der Waals surface area contributed by atoms with Crippen LogP contribution in [-0.2, 0) is 9.47 Å². The van der Waals surface area contributed by atoms with Crippen LogP contribution in [0.3, 0.4) is 0 Å². The van der Waals surface area contributed by atoms with Gasteiger partial charge in [0.15, 0.2) is 0 Å². The maximum Gasteiger partial charge on any atom is 0.321 e. The number of aliphatic hydroxyl groups excluding tert-OH is 1. The molecule has 0 aromatic heterocycles. The molecule has 1 N–H and O–H groups in total. The summed E-state index contributed by atoms with van der Waals surface area (Å²) in [6, 6.07) is 7.57. The molecule has 0 radical (unpaired) electrons. The van der Waals surface area contributed by atoms with E-state index in [1.165, 1.54) is 0 Å². The highest BCUT2D eigenvalue weighted by atomic mass is 79.9. The van der Waals surface area contributed by atoms with Crippen LogP contribution in [-0.4, -0.2) is 18.3 Å². The summed E-state index contributed by atoms with van der Waals surface area (Å²) in [5.74, 6) is 0.245. The molecule has 0 saturated carbocycles. The Morgan fingerprint density at radius 1 is 1.17 bits per heavy atom. The Kier molecular flexibility index (Phi) is 6.65. The Labute approximate surface area is 117 Å². The van der Waals surface area contributed by atoms with Crippen molar-refractivity contribution in [2.45, 2.75) is 26.7 Å². The Morgan fingerprint density at radius 3 is 2.44 bits per heavy atom. The van der Waals surface area contributed by atoms with Gasteiger partial charge in [-0.3, -0.25) is 0 Å².